The number of nitrogens with zero attached hydrogens (tertiary/aromatic N) is 2. The molecular weight excluding hydrogens is 454 g/mol. The van der Waals surface area contributed by atoms with E-state index in [2.05, 4.69) is 0 Å². The Morgan fingerprint density at radius 1 is 1.24 bits per heavy atom. The summed E-state index contributed by atoms with van der Waals surface area (Å²) in [4.78, 5) is 15.0. The largest absolute Gasteiger partial charge is 0.507 e. The molecule has 2 aromatic carbocycles. The Bertz CT molecular complexity index is 1230. The first-order chi connectivity index (χ1) is 15.7. The van der Waals surface area contributed by atoms with Crippen molar-refractivity contribution < 1.29 is 23.1 Å². The predicted molar refractivity (Wildman–Crippen MR) is 132 cm³/mol. The fraction of sp³-hybridized carbons (Fsp3) is 0.440. The maximum absolute atomic E-state index is 13.3. The second-order valence-electron chi connectivity index (χ2n) is 9.68. The van der Waals surface area contributed by atoms with E-state index in [-0.39, 0.29) is 30.5 Å². The van der Waals surface area contributed by atoms with Gasteiger partial charge in [0.1, 0.15) is 17.3 Å². The number of hydrogen-bond acceptors (Lipinski definition) is 6. The molecule has 184 valence electrons. The number of carbonyl (C=O) groups is 1. The van der Waals surface area contributed by atoms with E-state index < -0.39 is 15.4 Å². The molecule has 8 nitrogen and oxygen atoms in total. The first-order valence-electron chi connectivity index (χ1n) is 11.1. The summed E-state index contributed by atoms with van der Waals surface area (Å²) in [6, 6.07) is 8.78. The van der Waals surface area contributed by atoms with Crippen molar-refractivity contribution in [1.29, 1.82) is 5.41 Å². The summed E-state index contributed by atoms with van der Waals surface area (Å²) in [6.45, 7) is 8.58. The summed E-state index contributed by atoms with van der Waals surface area (Å²) in [5.74, 6) is 0.786. The third-order valence-electron chi connectivity index (χ3n) is 5.93. The van der Waals surface area contributed by atoms with Gasteiger partial charge in [0, 0.05) is 42.4 Å². The molecule has 0 aromatic heterocycles. The fourth-order valence-electron chi connectivity index (χ4n) is 3.95. The Balaban J connectivity index is 1.90. The van der Waals surface area contributed by atoms with Crippen LogP contribution in [0.4, 0.5) is 0 Å². The summed E-state index contributed by atoms with van der Waals surface area (Å²) in [5, 5.41) is 19.4. The molecule has 0 spiro atoms. The lowest BCUT2D eigenvalue weighted by molar-refractivity contribution is 0.0962. The van der Waals surface area contributed by atoms with Crippen LogP contribution in [-0.4, -0.2) is 60.8 Å². The second kappa shape index (κ2) is 9.38. The third-order valence-corrected chi connectivity index (χ3v) is 7.19. The first kappa shape index (κ1) is 25.7. The molecule has 1 aliphatic heterocycles. The zero-order valence-electron chi connectivity index (χ0n) is 20.6. The van der Waals surface area contributed by atoms with Crippen molar-refractivity contribution in [1.82, 2.24) is 9.21 Å². The lowest BCUT2D eigenvalue weighted by atomic mass is 9.83. The van der Waals surface area contributed by atoms with E-state index in [9.17, 15) is 18.3 Å². The molecule has 1 aliphatic rings. The Labute approximate surface area is 201 Å². The number of hydrogen-bond donors (Lipinski definition) is 2. The average Bonchev–Trinajstić information content (AvgIpc) is 3.02. The van der Waals surface area contributed by atoms with Crippen LogP contribution in [0.1, 0.15) is 60.3 Å². The molecule has 0 saturated heterocycles. The molecule has 0 aliphatic carbocycles. The monoisotopic (exact) mass is 487 g/mol. The number of fused-ring (bicyclic) bond motifs is 1. The third kappa shape index (κ3) is 5.42. The van der Waals surface area contributed by atoms with Gasteiger partial charge in [0.15, 0.2) is 5.78 Å². The number of ketones is 1. The summed E-state index contributed by atoms with van der Waals surface area (Å²) < 4.78 is 30.5. The number of sulfonamides is 1. The molecule has 0 amide bonds. The van der Waals surface area contributed by atoms with Crippen molar-refractivity contribution in [3.05, 3.63) is 58.1 Å². The molecule has 34 heavy (non-hydrogen) atoms. The number of carbonyl (C=O) groups excluding carboxylic acids is 1. The van der Waals surface area contributed by atoms with E-state index in [0.717, 1.165) is 27.4 Å². The van der Waals surface area contributed by atoms with Gasteiger partial charge in [-0.1, -0.05) is 20.8 Å². The van der Waals surface area contributed by atoms with Crippen LogP contribution in [0.25, 0.3) is 0 Å². The van der Waals surface area contributed by atoms with Gasteiger partial charge < -0.3 is 14.7 Å². The Morgan fingerprint density at radius 3 is 2.50 bits per heavy atom. The topological polar surface area (TPSA) is 111 Å². The molecule has 3 rings (SSSR count). The van der Waals surface area contributed by atoms with E-state index in [1.54, 1.807) is 17.0 Å². The lowest BCUT2D eigenvalue weighted by Gasteiger charge is -2.25. The van der Waals surface area contributed by atoms with Crippen LogP contribution in [0.3, 0.4) is 0 Å². The van der Waals surface area contributed by atoms with Crippen molar-refractivity contribution in [3.8, 4) is 11.5 Å². The van der Waals surface area contributed by atoms with E-state index >= 15 is 0 Å². The standard InChI is InChI=1S/C25H33N3O5S/c1-7-33-19-8-9-20-17(11-19)14-28(24(20)26)15-22(29)16-10-18(13-27(5)34(6,31)32)23(30)21(12-16)25(2,3)4/h8-12,26,30H,7,13-15H2,1-6H3. The SMILES string of the molecule is CCOc1ccc2c(c1)CN(CC(=O)c1cc(CN(C)S(C)(=O)=O)c(O)c(C(C)(C)C)c1)C2=N. The van der Waals surface area contributed by atoms with E-state index in [4.69, 9.17) is 10.1 Å². The highest BCUT2D eigenvalue weighted by molar-refractivity contribution is 7.88. The van der Waals surface area contributed by atoms with Gasteiger partial charge in [-0.05, 0) is 48.2 Å². The predicted octanol–water partition coefficient (Wildman–Crippen LogP) is 3.50. The molecule has 2 N–H and O–H groups in total. The van der Waals surface area contributed by atoms with Crippen LogP contribution in [0.15, 0.2) is 30.3 Å². The van der Waals surface area contributed by atoms with Crippen molar-refractivity contribution in [2.24, 2.45) is 0 Å². The summed E-state index contributed by atoms with van der Waals surface area (Å²) >= 11 is 0. The molecule has 0 saturated carbocycles. The minimum Gasteiger partial charge on any atom is -0.507 e. The van der Waals surface area contributed by atoms with Gasteiger partial charge in [0.2, 0.25) is 10.0 Å². The summed E-state index contributed by atoms with van der Waals surface area (Å²) in [5.41, 5.74) is 2.54. The van der Waals surface area contributed by atoms with Crippen LogP contribution in [0, 0.1) is 5.41 Å². The molecule has 9 heteroatoms. The molecule has 0 atom stereocenters. The molecule has 0 unspecified atom stereocenters. The quantitative estimate of drug-likeness (QED) is 0.552. The van der Waals surface area contributed by atoms with Crippen molar-refractivity contribution in [2.45, 2.75) is 46.2 Å². The normalized spacial score (nSPS) is 14.0. The second-order valence-corrected chi connectivity index (χ2v) is 11.8. The molecular formula is C25H33N3O5S. The zero-order valence-corrected chi connectivity index (χ0v) is 21.4. The number of rotatable bonds is 8. The zero-order chi connectivity index (χ0) is 25.4. The maximum Gasteiger partial charge on any atom is 0.211 e. The van der Waals surface area contributed by atoms with E-state index in [1.807, 2.05) is 45.9 Å². The average molecular weight is 488 g/mol. The maximum atomic E-state index is 13.3. The Hall–Kier alpha value is -2.91. The number of Topliss-reactive ketones (excluding diaryl/α,β-unsaturated/α-hetero) is 1. The number of phenols is 1. The van der Waals surface area contributed by atoms with E-state index in [1.165, 1.54) is 7.05 Å². The molecule has 0 radical (unpaired) electrons. The Morgan fingerprint density at radius 2 is 1.91 bits per heavy atom. The highest BCUT2D eigenvalue weighted by Crippen LogP contribution is 2.36. The van der Waals surface area contributed by atoms with Gasteiger partial charge in [-0.25, -0.2) is 12.7 Å². The van der Waals surface area contributed by atoms with Crippen molar-refractivity contribution >= 4 is 21.6 Å². The number of nitrogens with one attached hydrogen (secondary N) is 1. The summed E-state index contributed by atoms with van der Waals surface area (Å²) in [6.07, 6.45) is 1.09. The van der Waals surface area contributed by atoms with Gasteiger partial charge >= 0.3 is 0 Å². The number of phenolic OH excluding ortho intramolecular Hbond substituents is 1. The molecule has 0 fully saturated rings. The summed E-state index contributed by atoms with van der Waals surface area (Å²) in [7, 11) is -2.04. The van der Waals surface area contributed by atoms with Crippen LogP contribution in [0.2, 0.25) is 0 Å². The minimum atomic E-state index is -3.47. The highest BCUT2D eigenvalue weighted by atomic mass is 32.2. The molecule has 1 heterocycles. The molecule has 0 bridgehead atoms. The molecule has 2 aromatic rings. The van der Waals surface area contributed by atoms with Crippen molar-refractivity contribution in [2.75, 3.05) is 26.5 Å². The van der Waals surface area contributed by atoms with Crippen molar-refractivity contribution in [3.63, 3.8) is 0 Å². The first-order valence-corrected chi connectivity index (χ1v) is 13.0. The number of aromatic hydroxyl groups is 1. The van der Waals surface area contributed by atoms with Gasteiger partial charge in [-0.3, -0.25) is 10.2 Å². The highest BCUT2D eigenvalue weighted by Gasteiger charge is 2.29. The van der Waals surface area contributed by atoms with Gasteiger partial charge in [-0.2, -0.15) is 0 Å². The van der Waals surface area contributed by atoms with Crippen LogP contribution in [0.5, 0.6) is 11.5 Å². The van der Waals surface area contributed by atoms with Gasteiger partial charge in [-0.15, -0.1) is 0 Å². The number of benzene rings is 2. The lowest BCUT2D eigenvalue weighted by Crippen LogP contribution is -2.30. The van der Waals surface area contributed by atoms with Crippen LogP contribution in [-0.2, 0) is 28.5 Å². The van der Waals surface area contributed by atoms with E-state index in [0.29, 0.717) is 29.8 Å². The van der Waals surface area contributed by atoms with Gasteiger partial charge in [0.05, 0.1) is 19.4 Å². The fourth-order valence-corrected chi connectivity index (χ4v) is 4.32. The smallest absolute Gasteiger partial charge is 0.211 e. The van der Waals surface area contributed by atoms with Crippen LogP contribution < -0.4 is 4.74 Å². The Kier molecular flexibility index (Phi) is 7.10. The minimum absolute atomic E-state index is 0.00675. The number of ether oxygens (including phenoxy) is 1. The van der Waals surface area contributed by atoms with Gasteiger partial charge in [0.25, 0.3) is 0 Å². The number of amidine groups is 1. The van der Waals surface area contributed by atoms with Crippen LogP contribution >= 0.6 is 0 Å².